The molecule has 0 saturated heterocycles. The Morgan fingerprint density at radius 1 is 0.962 bits per heavy atom. The quantitative estimate of drug-likeness (QED) is 0.631. The zero-order valence-corrected chi connectivity index (χ0v) is 15.7. The van der Waals surface area contributed by atoms with Gasteiger partial charge in [-0.2, -0.15) is 5.26 Å². The van der Waals surface area contributed by atoms with Crippen molar-refractivity contribution in [3.05, 3.63) is 77.4 Å². The van der Waals surface area contributed by atoms with Crippen LogP contribution in [-0.2, 0) is 0 Å². The summed E-state index contributed by atoms with van der Waals surface area (Å²) in [5.74, 6) is 2.86. The second kappa shape index (κ2) is 6.76. The second-order valence-electron chi connectivity index (χ2n) is 8.59. The van der Waals surface area contributed by atoms with Gasteiger partial charge in [-0.1, -0.05) is 74.9 Å². The van der Waals surface area contributed by atoms with Crippen LogP contribution in [0.3, 0.4) is 0 Å². The summed E-state index contributed by atoms with van der Waals surface area (Å²) in [4.78, 5) is 0. The van der Waals surface area contributed by atoms with Crippen molar-refractivity contribution in [2.45, 2.75) is 39.0 Å². The molecular weight excluding hydrogens is 314 g/mol. The Morgan fingerprint density at radius 3 is 2.35 bits per heavy atom. The molecule has 4 unspecified atom stereocenters. The number of benzene rings is 2. The Kier molecular flexibility index (Phi) is 4.45. The lowest BCUT2D eigenvalue weighted by atomic mass is 9.70. The molecule has 4 rings (SSSR count). The van der Waals surface area contributed by atoms with Gasteiger partial charge < -0.3 is 0 Å². The van der Waals surface area contributed by atoms with Gasteiger partial charge in [0.05, 0.1) is 11.6 Å². The van der Waals surface area contributed by atoms with Gasteiger partial charge in [0.2, 0.25) is 0 Å². The molecule has 0 bridgehead atoms. The van der Waals surface area contributed by atoms with Gasteiger partial charge in [-0.3, -0.25) is 0 Å². The van der Waals surface area contributed by atoms with Gasteiger partial charge in [-0.05, 0) is 65.2 Å². The number of allylic oxidation sites excluding steroid dienone is 1. The van der Waals surface area contributed by atoms with Crippen LogP contribution in [-0.4, -0.2) is 0 Å². The van der Waals surface area contributed by atoms with Crippen LogP contribution in [0, 0.1) is 34.5 Å². The van der Waals surface area contributed by atoms with E-state index in [1.165, 1.54) is 30.4 Å². The third-order valence-corrected chi connectivity index (χ3v) is 6.87. The molecule has 0 amide bonds. The first kappa shape index (κ1) is 17.1. The fraction of sp³-hybridized carbons (Fsp3) is 0.400. The molecule has 0 radical (unpaired) electrons. The summed E-state index contributed by atoms with van der Waals surface area (Å²) in [6.07, 6.45) is 8.84. The number of hydrogen-bond donors (Lipinski definition) is 0. The highest BCUT2D eigenvalue weighted by molar-refractivity contribution is 5.52. The average Bonchev–Trinajstić information content (AvgIpc) is 3.19. The molecule has 132 valence electrons. The van der Waals surface area contributed by atoms with Crippen molar-refractivity contribution in [2.75, 3.05) is 0 Å². The predicted molar refractivity (Wildman–Crippen MR) is 107 cm³/mol. The highest BCUT2D eigenvalue weighted by Crippen LogP contribution is 2.64. The Hall–Kier alpha value is -2.33. The van der Waals surface area contributed by atoms with Crippen molar-refractivity contribution < 1.29 is 0 Å². The summed E-state index contributed by atoms with van der Waals surface area (Å²) in [6, 6.07) is 21.3. The Labute approximate surface area is 157 Å². The van der Waals surface area contributed by atoms with Crippen molar-refractivity contribution in [1.82, 2.24) is 0 Å². The van der Waals surface area contributed by atoms with Crippen molar-refractivity contribution in [1.29, 1.82) is 5.26 Å². The number of hydrogen-bond acceptors (Lipinski definition) is 1. The van der Waals surface area contributed by atoms with Crippen LogP contribution in [0.25, 0.3) is 6.08 Å². The molecule has 0 heterocycles. The predicted octanol–water partition coefficient (Wildman–Crippen LogP) is 6.43. The normalized spacial score (nSPS) is 29.6. The highest BCUT2D eigenvalue weighted by Gasteiger charge is 2.55. The van der Waals surface area contributed by atoms with Crippen molar-refractivity contribution in [3.63, 3.8) is 0 Å². The molecule has 0 N–H and O–H groups in total. The minimum absolute atomic E-state index is 0.264. The van der Waals surface area contributed by atoms with Crippen LogP contribution >= 0.6 is 0 Å². The Balaban J connectivity index is 1.65. The molecule has 4 atom stereocenters. The maximum atomic E-state index is 8.97. The van der Waals surface area contributed by atoms with E-state index >= 15 is 0 Å². The van der Waals surface area contributed by atoms with E-state index in [2.05, 4.69) is 74.5 Å². The molecule has 26 heavy (non-hydrogen) atoms. The molecule has 2 aliphatic rings. The molecule has 0 spiro atoms. The molecule has 2 fully saturated rings. The summed E-state index contributed by atoms with van der Waals surface area (Å²) < 4.78 is 0. The van der Waals surface area contributed by atoms with Gasteiger partial charge in [0.25, 0.3) is 0 Å². The first-order chi connectivity index (χ1) is 12.6. The summed E-state index contributed by atoms with van der Waals surface area (Å²) in [5, 5.41) is 8.97. The standard InChI is InChI=1S/C25H27N/c1-25(2)23(16-15-18-11-13-19(17-26)14-12-18)21-9-6-10-22(21)24(25)20-7-4-3-5-8-20/h3-5,7-8,11-16,21-24H,6,9-10H2,1-2H3/b16-15+. The molecule has 2 aromatic rings. The van der Waals surface area contributed by atoms with Gasteiger partial charge >= 0.3 is 0 Å². The van der Waals surface area contributed by atoms with Gasteiger partial charge in [0, 0.05) is 0 Å². The van der Waals surface area contributed by atoms with E-state index in [-0.39, 0.29) is 5.41 Å². The molecule has 0 aliphatic heterocycles. The van der Waals surface area contributed by atoms with E-state index in [9.17, 15) is 0 Å². The van der Waals surface area contributed by atoms with Gasteiger partial charge in [0.15, 0.2) is 0 Å². The number of fused-ring (bicyclic) bond motifs is 1. The number of nitrogens with zero attached hydrogens (tertiary/aromatic N) is 1. The zero-order valence-electron chi connectivity index (χ0n) is 15.7. The molecule has 1 nitrogen and oxygen atoms in total. The Bertz CT molecular complexity index is 823. The van der Waals surface area contributed by atoms with Crippen LogP contribution < -0.4 is 0 Å². The van der Waals surface area contributed by atoms with E-state index in [0.29, 0.717) is 11.8 Å². The smallest absolute Gasteiger partial charge is 0.0991 e. The van der Waals surface area contributed by atoms with E-state index in [4.69, 9.17) is 5.26 Å². The van der Waals surface area contributed by atoms with Crippen molar-refractivity contribution in [3.8, 4) is 6.07 Å². The maximum Gasteiger partial charge on any atom is 0.0991 e. The summed E-state index contributed by atoms with van der Waals surface area (Å²) in [5.41, 5.74) is 3.70. The van der Waals surface area contributed by atoms with E-state index < -0.39 is 0 Å². The fourth-order valence-corrected chi connectivity index (χ4v) is 5.80. The largest absolute Gasteiger partial charge is 0.192 e. The maximum absolute atomic E-state index is 8.97. The Morgan fingerprint density at radius 2 is 1.65 bits per heavy atom. The van der Waals surface area contributed by atoms with E-state index in [0.717, 1.165) is 17.4 Å². The van der Waals surface area contributed by atoms with Crippen LogP contribution in [0.1, 0.15) is 55.7 Å². The fourth-order valence-electron chi connectivity index (χ4n) is 5.80. The van der Waals surface area contributed by atoms with Crippen molar-refractivity contribution >= 4 is 6.08 Å². The lowest BCUT2D eigenvalue weighted by Gasteiger charge is -2.34. The lowest BCUT2D eigenvalue weighted by molar-refractivity contribution is 0.239. The number of rotatable bonds is 3. The van der Waals surface area contributed by atoms with Crippen LogP contribution in [0.2, 0.25) is 0 Å². The van der Waals surface area contributed by atoms with Crippen molar-refractivity contribution in [2.24, 2.45) is 23.2 Å². The molecule has 2 saturated carbocycles. The molecular formula is C25H27N. The first-order valence-electron chi connectivity index (χ1n) is 9.84. The summed E-state index contributed by atoms with van der Waals surface area (Å²) in [7, 11) is 0. The molecule has 2 aromatic carbocycles. The average molecular weight is 341 g/mol. The van der Waals surface area contributed by atoms with Crippen LogP contribution in [0.15, 0.2) is 60.7 Å². The molecule has 1 heteroatoms. The monoisotopic (exact) mass is 341 g/mol. The molecule has 0 aromatic heterocycles. The van der Waals surface area contributed by atoms with Gasteiger partial charge in [0.1, 0.15) is 0 Å². The summed E-state index contributed by atoms with van der Waals surface area (Å²) >= 11 is 0. The second-order valence-corrected chi connectivity index (χ2v) is 8.59. The SMILES string of the molecule is CC1(C)C(/C=C/c2ccc(C#N)cc2)C2CCCC2C1c1ccccc1. The first-order valence-corrected chi connectivity index (χ1v) is 9.84. The van der Waals surface area contributed by atoms with E-state index in [1.54, 1.807) is 0 Å². The molecule has 2 aliphatic carbocycles. The minimum Gasteiger partial charge on any atom is -0.192 e. The minimum atomic E-state index is 0.264. The number of nitriles is 1. The third-order valence-electron chi connectivity index (χ3n) is 6.87. The third kappa shape index (κ3) is 2.88. The van der Waals surface area contributed by atoms with Crippen LogP contribution in [0.5, 0.6) is 0 Å². The van der Waals surface area contributed by atoms with E-state index in [1.807, 2.05) is 12.1 Å². The van der Waals surface area contributed by atoms with Gasteiger partial charge in [-0.15, -0.1) is 0 Å². The zero-order chi connectivity index (χ0) is 18.1. The summed E-state index contributed by atoms with van der Waals surface area (Å²) in [6.45, 7) is 4.94. The van der Waals surface area contributed by atoms with Gasteiger partial charge in [-0.25, -0.2) is 0 Å². The topological polar surface area (TPSA) is 23.8 Å². The van der Waals surface area contributed by atoms with Crippen LogP contribution in [0.4, 0.5) is 0 Å². The highest BCUT2D eigenvalue weighted by atomic mass is 14.6. The lowest BCUT2D eigenvalue weighted by Crippen LogP contribution is -2.25.